The van der Waals surface area contributed by atoms with Gasteiger partial charge in [0.05, 0.1) is 0 Å². The second kappa shape index (κ2) is 4.38. The normalized spacial score (nSPS) is 23.7. The maximum absolute atomic E-state index is 6.34. The average Bonchev–Trinajstić information content (AvgIpc) is 2.87. The van der Waals surface area contributed by atoms with Gasteiger partial charge in [0.1, 0.15) is 0 Å². The van der Waals surface area contributed by atoms with Crippen molar-refractivity contribution in [3.05, 3.63) is 33.8 Å². The number of nitrogens with one attached hydrogen (secondary N) is 1. The van der Waals surface area contributed by atoms with Crippen LogP contribution in [0.5, 0.6) is 0 Å². The summed E-state index contributed by atoms with van der Waals surface area (Å²) in [5.41, 5.74) is 4.36. The van der Waals surface area contributed by atoms with Crippen LogP contribution in [0.4, 0.5) is 0 Å². The molecule has 0 radical (unpaired) electrons. The zero-order valence-electron chi connectivity index (χ0n) is 9.56. The first-order chi connectivity index (χ1) is 7.83. The van der Waals surface area contributed by atoms with E-state index < -0.39 is 0 Å². The maximum Gasteiger partial charge on any atom is 0.0443 e. The van der Waals surface area contributed by atoms with E-state index in [1.165, 1.54) is 61.9 Å². The second-order valence-corrected chi connectivity index (χ2v) is 5.54. The summed E-state index contributed by atoms with van der Waals surface area (Å²) in [7, 11) is 0. The molecule has 1 aliphatic heterocycles. The van der Waals surface area contributed by atoms with Gasteiger partial charge in [-0.15, -0.1) is 0 Å². The molecular weight excluding hydrogens is 218 g/mol. The minimum Gasteiger partial charge on any atom is -0.316 e. The van der Waals surface area contributed by atoms with Gasteiger partial charge in [0, 0.05) is 5.02 Å². The highest BCUT2D eigenvalue weighted by atomic mass is 35.5. The molecule has 1 aliphatic carbocycles. The van der Waals surface area contributed by atoms with Crippen molar-refractivity contribution in [3.63, 3.8) is 0 Å². The first-order valence-corrected chi connectivity index (χ1v) is 6.71. The standard InChI is InChI=1S/C14H18ClN/c15-14-8-11(6-10-4-5-16-9-10)7-12-2-1-3-13(12)14/h7-8,10,16H,1-6,9H2. The number of hydrogen-bond donors (Lipinski definition) is 1. The van der Waals surface area contributed by atoms with Crippen molar-refractivity contribution in [2.45, 2.75) is 32.1 Å². The quantitative estimate of drug-likeness (QED) is 0.831. The Morgan fingerprint density at radius 3 is 3.06 bits per heavy atom. The molecule has 0 bridgehead atoms. The van der Waals surface area contributed by atoms with Gasteiger partial charge in [-0.1, -0.05) is 17.7 Å². The minimum atomic E-state index is 0.815. The minimum absolute atomic E-state index is 0.815. The Labute approximate surface area is 102 Å². The van der Waals surface area contributed by atoms with E-state index >= 15 is 0 Å². The summed E-state index contributed by atoms with van der Waals surface area (Å²) in [5.74, 6) is 0.815. The van der Waals surface area contributed by atoms with Crippen molar-refractivity contribution in [2.24, 2.45) is 5.92 Å². The van der Waals surface area contributed by atoms with Crippen LogP contribution in [-0.2, 0) is 19.3 Å². The molecule has 0 spiro atoms. The Hall–Kier alpha value is -0.530. The molecular formula is C14H18ClN. The van der Waals surface area contributed by atoms with E-state index in [4.69, 9.17) is 11.6 Å². The highest BCUT2D eigenvalue weighted by Crippen LogP contribution is 2.31. The number of benzene rings is 1. The van der Waals surface area contributed by atoms with E-state index in [0.29, 0.717) is 0 Å². The van der Waals surface area contributed by atoms with Gasteiger partial charge in [0.2, 0.25) is 0 Å². The summed E-state index contributed by atoms with van der Waals surface area (Å²) in [4.78, 5) is 0. The van der Waals surface area contributed by atoms with E-state index in [0.717, 1.165) is 10.9 Å². The molecule has 16 heavy (non-hydrogen) atoms. The average molecular weight is 236 g/mol. The molecule has 1 unspecified atom stereocenters. The molecule has 1 aromatic rings. The van der Waals surface area contributed by atoms with E-state index in [9.17, 15) is 0 Å². The van der Waals surface area contributed by atoms with Gasteiger partial charge in [0.15, 0.2) is 0 Å². The molecule has 1 fully saturated rings. The third-order valence-corrected chi connectivity index (χ3v) is 4.24. The first-order valence-electron chi connectivity index (χ1n) is 6.34. The van der Waals surface area contributed by atoms with Gasteiger partial charge in [-0.05, 0) is 73.9 Å². The lowest BCUT2D eigenvalue weighted by Gasteiger charge is -2.11. The summed E-state index contributed by atoms with van der Waals surface area (Å²) < 4.78 is 0. The molecule has 2 heteroatoms. The highest BCUT2D eigenvalue weighted by Gasteiger charge is 2.18. The lowest BCUT2D eigenvalue weighted by molar-refractivity contribution is 0.580. The van der Waals surface area contributed by atoms with Gasteiger partial charge in [0.25, 0.3) is 0 Å². The van der Waals surface area contributed by atoms with Gasteiger partial charge in [-0.2, -0.15) is 0 Å². The summed E-state index contributed by atoms with van der Waals surface area (Å²) >= 11 is 6.34. The Morgan fingerprint density at radius 2 is 2.25 bits per heavy atom. The third-order valence-electron chi connectivity index (χ3n) is 3.91. The van der Waals surface area contributed by atoms with Crippen molar-refractivity contribution in [1.82, 2.24) is 5.32 Å². The van der Waals surface area contributed by atoms with Gasteiger partial charge >= 0.3 is 0 Å². The van der Waals surface area contributed by atoms with Crippen molar-refractivity contribution in [3.8, 4) is 0 Å². The number of hydrogen-bond acceptors (Lipinski definition) is 1. The lowest BCUT2D eigenvalue weighted by Crippen LogP contribution is -2.10. The Morgan fingerprint density at radius 1 is 1.31 bits per heavy atom. The maximum atomic E-state index is 6.34. The lowest BCUT2D eigenvalue weighted by atomic mass is 9.96. The predicted octanol–water partition coefficient (Wildman–Crippen LogP) is 2.98. The zero-order valence-corrected chi connectivity index (χ0v) is 10.3. The number of aryl methyl sites for hydroxylation is 1. The van der Waals surface area contributed by atoms with Crippen LogP contribution in [0.25, 0.3) is 0 Å². The molecule has 1 saturated heterocycles. The van der Waals surface area contributed by atoms with Crippen LogP contribution in [0, 0.1) is 5.92 Å². The fraction of sp³-hybridized carbons (Fsp3) is 0.571. The fourth-order valence-electron chi connectivity index (χ4n) is 3.05. The highest BCUT2D eigenvalue weighted by molar-refractivity contribution is 6.31. The molecule has 1 aromatic carbocycles. The molecule has 2 aliphatic rings. The topological polar surface area (TPSA) is 12.0 Å². The van der Waals surface area contributed by atoms with Crippen LogP contribution >= 0.6 is 11.6 Å². The van der Waals surface area contributed by atoms with E-state index in [2.05, 4.69) is 17.4 Å². The van der Waals surface area contributed by atoms with Gasteiger partial charge in [-0.3, -0.25) is 0 Å². The number of rotatable bonds is 2. The molecule has 0 saturated carbocycles. The van der Waals surface area contributed by atoms with Crippen LogP contribution < -0.4 is 5.32 Å². The van der Waals surface area contributed by atoms with E-state index in [1.807, 2.05) is 0 Å². The van der Waals surface area contributed by atoms with Gasteiger partial charge in [-0.25, -0.2) is 0 Å². The van der Waals surface area contributed by atoms with Crippen LogP contribution in [0.2, 0.25) is 5.02 Å². The zero-order chi connectivity index (χ0) is 11.0. The molecule has 1 N–H and O–H groups in total. The monoisotopic (exact) mass is 235 g/mol. The molecule has 1 heterocycles. The van der Waals surface area contributed by atoms with Crippen molar-refractivity contribution in [1.29, 1.82) is 0 Å². The van der Waals surface area contributed by atoms with Crippen molar-refractivity contribution >= 4 is 11.6 Å². The van der Waals surface area contributed by atoms with E-state index in [-0.39, 0.29) is 0 Å². The molecule has 3 rings (SSSR count). The van der Waals surface area contributed by atoms with Gasteiger partial charge < -0.3 is 5.32 Å². The second-order valence-electron chi connectivity index (χ2n) is 5.13. The summed E-state index contributed by atoms with van der Waals surface area (Å²) in [6, 6.07) is 4.59. The Kier molecular flexibility index (Phi) is 2.91. The summed E-state index contributed by atoms with van der Waals surface area (Å²) in [5, 5.41) is 4.44. The molecule has 86 valence electrons. The Bertz CT molecular complexity index is 394. The Balaban J connectivity index is 1.82. The molecule has 1 nitrogen and oxygen atoms in total. The molecule has 0 aromatic heterocycles. The summed E-state index contributed by atoms with van der Waals surface area (Å²) in [6.45, 7) is 2.36. The number of halogens is 1. The summed E-state index contributed by atoms with van der Waals surface area (Å²) in [6.07, 6.45) is 6.20. The first kappa shape index (κ1) is 10.6. The van der Waals surface area contributed by atoms with E-state index in [1.54, 1.807) is 0 Å². The largest absolute Gasteiger partial charge is 0.316 e. The van der Waals surface area contributed by atoms with Crippen LogP contribution in [0.1, 0.15) is 29.5 Å². The van der Waals surface area contributed by atoms with Crippen molar-refractivity contribution < 1.29 is 0 Å². The smallest absolute Gasteiger partial charge is 0.0443 e. The van der Waals surface area contributed by atoms with Crippen molar-refractivity contribution in [2.75, 3.05) is 13.1 Å². The van der Waals surface area contributed by atoms with Crippen LogP contribution in [0.3, 0.4) is 0 Å². The SMILES string of the molecule is Clc1cc(CC2CCNC2)cc2c1CCC2. The third kappa shape index (κ3) is 1.99. The number of fused-ring (bicyclic) bond motifs is 1. The van der Waals surface area contributed by atoms with Crippen LogP contribution in [0.15, 0.2) is 12.1 Å². The predicted molar refractivity (Wildman–Crippen MR) is 68.2 cm³/mol. The molecule has 0 amide bonds. The fourth-order valence-corrected chi connectivity index (χ4v) is 3.41. The molecule has 1 atom stereocenters. The van der Waals surface area contributed by atoms with Crippen LogP contribution in [-0.4, -0.2) is 13.1 Å².